The lowest BCUT2D eigenvalue weighted by molar-refractivity contribution is -0.127. The number of phenolic OH excluding ortho intramolecular Hbond substituents is 1. The van der Waals surface area contributed by atoms with Crippen molar-refractivity contribution in [2.45, 2.75) is 333 Å². The van der Waals surface area contributed by atoms with Crippen LogP contribution >= 0.6 is 15.9 Å². The predicted octanol–water partition coefficient (Wildman–Crippen LogP) is 28.2. The van der Waals surface area contributed by atoms with Gasteiger partial charge in [0.2, 0.25) is 5.91 Å². The third kappa shape index (κ3) is 44.7. The number of rotatable bonds is 20. The molecule has 12 aromatic rings. The molecule has 8 aromatic heterocycles. The van der Waals surface area contributed by atoms with Crippen molar-refractivity contribution in [3.63, 3.8) is 0 Å². The van der Waals surface area contributed by atoms with Crippen LogP contribution in [0.15, 0.2) is 187 Å². The van der Waals surface area contributed by atoms with Crippen LogP contribution in [0.5, 0.6) is 5.75 Å². The number of aromatic hydroxyl groups is 1. The first-order chi connectivity index (χ1) is 66.5. The molecule has 24 heteroatoms. The monoisotopic (exact) mass is 2030 g/mol. The number of amides is 1. The lowest BCUT2D eigenvalue weighted by Gasteiger charge is -2.22. The summed E-state index contributed by atoms with van der Waals surface area (Å²) in [4.78, 5) is 46.9. The van der Waals surface area contributed by atoms with Crippen molar-refractivity contribution in [2.75, 3.05) is 88.7 Å². The van der Waals surface area contributed by atoms with Gasteiger partial charge in [-0.3, -0.25) is 29.4 Å². The molecule has 20 nitrogen and oxygen atoms in total. The Morgan fingerprint density at radius 3 is 1.54 bits per heavy atom. The lowest BCUT2D eigenvalue weighted by Crippen LogP contribution is -2.29. The van der Waals surface area contributed by atoms with Crippen molar-refractivity contribution in [3.05, 3.63) is 260 Å². The summed E-state index contributed by atoms with van der Waals surface area (Å²) in [5.74, 6) is 5.03. The van der Waals surface area contributed by atoms with E-state index in [1.54, 1.807) is 30.2 Å². The molecule has 143 heavy (non-hydrogen) atoms. The fraction of sp³-hybridized carbons (Fsp3) is 0.538. The van der Waals surface area contributed by atoms with Gasteiger partial charge >= 0.3 is 6.18 Å². The minimum absolute atomic E-state index is 0.0617. The average Bonchev–Trinajstić information content (AvgIpc) is 1.57. The first kappa shape index (κ1) is 121. The van der Waals surface area contributed by atoms with E-state index in [0.29, 0.717) is 43.6 Å². The molecule has 2 saturated heterocycles. The molecule has 1 amide bonds. The van der Waals surface area contributed by atoms with E-state index in [4.69, 9.17) is 15.2 Å². The Balaban J connectivity index is 0.000000247. The average molecular weight is 2030 g/mol. The van der Waals surface area contributed by atoms with Crippen LogP contribution in [0.1, 0.15) is 319 Å². The number of nitrogens with two attached hydrogens (primary N) is 1. The molecule has 10 heterocycles. The van der Waals surface area contributed by atoms with Gasteiger partial charge in [0, 0.05) is 166 Å². The highest BCUT2D eigenvalue weighted by Gasteiger charge is 2.28. The van der Waals surface area contributed by atoms with Gasteiger partial charge in [-0.05, 0) is 267 Å². The van der Waals surface area contributed by atoms with Gasteiger partial charge in [-0.25, -0.2) is 15.0 Å². The van der Waals surface area contributed by atoms with Crippen molar-refractivity contribution in [1.29, 1.82) is 0 Å². The molecule has 2 fully saturated rings. The zero-order chi connectivity index (χ0) is 107. The number of nitrogens with zero attached hydrogens (tertiary/aromatic N) is 10. The molecule has 1 atom stereocenters. The molecule has 0 saturated carbocycles. The molecular formula is C119H176BrF3N16O4. The van der Waals surface area contributed by atoms with Gasteiger partial charge in [-0.2, -0.15) is 18.3 Å². The Morgan fingerprint density at radius 1 is 0.510 bits per heavy atom. The first-order valence-corrected chi connectivity index (χ1v) is 52.0. The Bertz CT molecular complexity index is 5820. The van der Waals surface area contributed by atoms with Gasteiger partial charge < -0.3 is 51.5 Å². The zero-order valence-electron chi connectivity index (χ0n) is 92.9. The number of benzene rings is 4. The first-order valence-electron chi connectivity index (χ1n) is 51.2. The molecule has 0 bridgehead atoms. The number of carbonyl (C=O) groups is 1. The highest BCUT2D eigenvalue weighted by molar-refractivity contribution is 9.10. The van der Waals surface area contributed by atoms with E-state index >= 15 is 0 Å². The van der Waals surface area contributed by atoms with Crippen LogP contribution in [0.25, 0.3) is 32.7 Å². The van der Waals surface area contributed by atoms with Gasteiger partial charge in [0.15, 0.2) is 0 Å². The number of anilines is 3. The maximum atomic E-state index is 11.9. The Kier molecular flexibility index (Phi) is 47.0. The topological polar surface area (TPSA) is 257 Å². The second-order valence-electron chi connectivity index (χ2n) is 47.0. The molecule has 2 aliphatic heterocycles. The molecule has 1 unspecified atom stereocenters. The predicted molar refractivity (Wildman–Crippen MR) is 598 cm³/mol. The van der Waals surface area contributed by atoms with Crippen LogP contribution in [0.2, 0.25) is 0 Å². The number of aromatic nitrogens is 10. The number of hydrogen-bond donors (Lipinski definition) is 7. The number of pyridine rings is 6. The number of hydrogen-bond acceptors (Lipinski definition) is 17. The largest absolute Gasteiger partial charge is 0.508 e. The minimum atomic E-state index is -4.13. The Hall–Kier alpha value is -10.2. The molecule has 784 valence electrons. The van der Waals surface area contributed by atoms with E-state index in [1.165, 1.54) is 85.9 Å². The fourth-order valence-electron chi connectivity index (χ4n) is 15.4. The summed E-state index contributed by atoms with van der Waals surface area (Å²) < 4.78 is 49.6. The van der Waals surface area contributed by atoms with Crippen LogP contribution in [-0.2, 0) is 89.3 Å². The van der Waals surface area contributed by atoms with E-state index < -0.39 is 12.7 Å². The maximum absolute atomic E-state index is 11.9. The van der Waals surface area contributed by atoms with E-state index in [9.17, 15) is 23.1 Å². The summed E-state index contributed by atoms with van der Waals surface area (Å²) in [5.41, 5.74) is 24.9. The number of ether oxygens (including phenoxy) is 2. The van der Waals surface area contributed by atoms with E-state index in [2.05, 4.69) is 368 Å². The summed E-state index contributed by atoms with van der Waals surface area (Å²) in [5, 5.41) is 29.8. The number of aryl methyl sites for hydroxylation is 4. The number of alkyl halides is 3. The normalized spacial score (nSPS) is 13.7. The number of imidazole rings is 1. The van der Waals surface area contributed by atoms with Crippen molar-refractivity contribution in [3.8, 4) is 5.75 Å². The lowest BCUT2D eigenvalue weighted by atomic mass is 9.84. The van der Waals surface area contributed by atoms with Crippen LogP contribution in [0.3, 0.4) is 0 Å². The zero-order valence-corrected chi connectivity index (χ0v) is 94.4. The molecule has 0 radical (unpaired) electrons. The summed E-state index contributed by atoms with van der Waals surface area (Å²) in [6.45, 7) is 71.4. The second kappa shape index (κ2) is 55.3. The van der Waals surface area contributed by atoms with Gasteiger partial charge in [0.05, 0.1) is 23.1 Å². The standard InChI is InChI=1S/C15H24N2O.C15H23NO.C14H21F3N2.C14H16O.C13H23N3O.C13H22N2.C13H15N.C11H13BrN2.C11H19N3/c1-12(18)17(5)10-6-7-14-11-13(8-9-16-14)15(2,3)4;1-11-9-16-13(7-12-5-6-17-10-12)8-14(11)15(2,3)4;1-13(2,3)11-6-8-19-12(9-11)5-4-7-18-10-14(15,16)17;1-14(2,3)12-6-4-11-9-13(15)7-5-10(11)8-12;1-13(2,3)11-9-12(15-16(11)4)14-10-5-7-17-8-6-10;1-5-6-8-14-12-10-11(7-9-15-12)13(2,3)4;1-13(2,3)11-8-10-6-4-5-7-12(10)14-9-11;1-11(2,3)10-13-8-5-4-7(12)6-9(8)14-10;1-11(2,3)9-4-6-13-10(8-9)14-7-5-12/h8-9,11H,6-7,10H2,1-5H3;8-9,12H,5-7,10H2,1-4H3;6,8-9,18H,4-5,7,10H2,1-3H3;4-9,15H,1-3H3;9-10H,5-8H2,1-4H3,(H,14,15);7,9-10H,5-6,8H2,1-4H3,(H,14,15);4-9H,1-3H3;4-6H,1-3H3,(H,13,14);4,6,8H,5,7,12H2,1-3H3,(H,13,14). The van der Waals surface area contributed by atoms with Gasteiger partial charge in [-0.1, -0.05) is 259 Å². The number of H-pyrrole nitrogens is 1. The smallest absolute Gasteiger partial charge is 0.401 e. The third-order valence-electron chi connectivity index (χ3n) is 24.5. The molecular weight excluding hydrogens is 1850 g/mol. The SMILES string of the molecule is CC(=O)N(C)CCCc1cc(C(C)(C)C)ccn1.CC(C)(C)c1ccc2cc(O)ccc2c1.CC(C)(C)c1ccnc(CCCNCC(F)(F)F)c1.CC(C)(C)c1ccnc(NCCN)c1.CC(C)(C)c1cnc2ccccc2c1.CC(C)(C)c1nc2ccc(Br)cc2[nH]1.CCCCNc1cc(C(C)(C)C)ccn1.Cc1cnc(CC2CCOC2)cc1C(C)(C)C.Cn1nc(NC2CCOCC2)cc1C(C)(C)C. The number of unbranched alkanes of at least 4 members (excludes halogenated alkanes) is 1. The highest BCUT2D eigenvalue weighted by atomic mass is 79.9. The molecule has 4 aromatic carbocycles. The van der Waals surface area contributed by atoms with Crippen molar-refractivity contribution in [2.24, 2.45) is 18.7 Å². The van der Waals surface area contributed by atoms with E-state index in [-0.39, 0.29) is 54.6 Å². The van der Waals surface area contributed by atoms with Gasteiger partial charge in [0.1, 0.15) is 29.0 Å². The summed E-state index contributed by atoms with van der Waals surface area (Å²) >= 11 is 3.44. The van der Waals surface area contributed by atoms with E-state index in [0.717, 1.165) is 139 Å². The molecule has 2 aliphatic rings. The second-order valence-corrected chi connectivity index (χ2v) is 47.9. The maximum Gasteiger partial charge on any atom is 0.401 e. The van der Waals surface area contributed by atoms with Crippen LogP contribution in [-0.4, -0.2) is 151 Å². The van der Waals surface area contributed by atoms with E-state index in [1.807, 2.05) is 98.3 Å². The van der Waals surface area contributed by atoms with Crippen LogP contribution in [0, 0.1) is 12.8 Å². The van der Waals surface area contributed by atoms with Crippen molar-refractivity contribution < 1.29 is 32.5 Å². The molecule has 0 aliphatic carbocycles. The number of aromatic amines is 1. The van der Waals surface area contributed by atoms with Gasteiger partial charge in [-0.15, -0.1) is 0 Å². The van der Waals surface area contributed by atoms with Crippen molar-refractivity contribution in [1.82, 2.24) is 59.9 Å². The summed E-state index contributed by atoms with van der Waals surface area (Å²) in [6.07, 6.45) is 17.2. The Morgan fingerprint density at radius 2 is 1.03 bits per heavy atom. The number of para-hydroxylation sites is 1. The summed E-state index contributed by atoms with van der Waals surface area (Å²) in [7, 11) is 3.84. The molecule has 0 spiro atoms. The third-order valence-corrected chi connectivity index (χ3v) is 25.0. The van der Waals surface area contributed by atoms with Gasteiger partial charge in [0.25, 0.3) is 0 Å². The number of carbonyl (C=O) groups excluding carboxylic acids is 1. The minimum Gasteiger partial charge on any atom is -0.508 e. The van der Waals surface area contributed by atoms with Crippen molar-refractivity contribution >= 4 is 72.0 Å². The Labute approximate surface area is 865 Å². The quantitative estimate of drug-likeness (QED) is 0.0350. The highest BCUT2D eigenvalue weighted by Crippen LogP contribution is 2.34. The number of fused-ring (bicyclic) bond motifs is 3. The number of halogens is 4. The molecule has 14 rings (SSSR count). The molecule has 8 N–H and O–H groups in total. The summed E-state index contributed by atoms with van der Waals surface area (Å²) in [6, 6.07) is 50.0. The number of phenols is 1. The fourth-order valence-corrected chi connectivity index (χ4v) is 15.7. The van der Waals surface area contributed by atoms with Crippen LogP contribution in [0.4, 0.5) is 30.6 Å². The van der Waals surface area contributed by atoms with Crippen LogP contribution < -0.4 is 27.0 Å². The number of nitrogens with one attached hydrogen (secondary N) is 5.